The second-order valence-electron chi connectivity index (χ2n) is 5.71. The summed E-state index contributed by atoms with van der Waals surface area (Å²) in [5.74, 6) is 0. The SMILES string of the molecule is COC1CCN(S(=O)(=O)c2cccc3ncccc23)C(CN)C1.Cl. The number of halogens is 1. The number of nitrogens with zero attached hydrogens (tertiary/aromatic N) is 2. The van der Waals surface area contributed by atoms with Gasteiger partial charge in [-0.05, 0) is 37.1 Å². The number of nitrogens with two attached hydrogens (primary N) is 1. The first-order valence-electron chi connectivity index (χ1n) is 7.66. The van der Waals surface area contributed by atoms with Crippen LogP contribution in [0.1, 0.15) is 12.8 Å². The number of benzene rings is 1. The molecule has 0 aliphatic carbocycles. The third-order valence-corrected chi connectivity index (χ3v) is 6.42. The molecule has 1 aliphatic heterocycles. The molecule has 0 bridgehead atoms. The maximum Gasteiger partial charge on any atom is 0.244 e. The highest BCUT2D eigenvalue weighted by molar-refractivity contribution is 7.89. The molecule has 1 aromatic carbocycles. The van der Waals surface area contributed by atoms with Gasteiger partial charge in [-0.15, -0.1) is 12.4 Å². The van der Waals surface area contributed by atoms with E-state index in [1.165, 1.54) is 4.31 Å². The van der Waals surface area contributed by atoms with Gasteiger partial charge in [0.1, 0.15) is 0 Å². The van der Waals surface area contributed by atoms with Gasteiger partial charge in [-0.3, -0.25) is 4.98 Å². The summed E-state index contributed by atoms with van der Waals surface area (Å²) in [7, 11) is -1.97. The van der Waals surface area contributed by atoms with Gasteiger partial charge >= 0.3 is 0 Å². The predicted octanol–water partition coefficient (Wildman–Crippen LogP) is 1.78. The van der Waals surface area contributed by atoms with E-state index in [4.69, 9.17) is 10.5 Å². The van der Waals surface area contributed by atoms with Crippen molar-refractivity contribution in [2.24, 2.45) is 5.73 Å². The number of hydrogen-bond acceptors (Lipinski definition) is 5. The first-order chi connectivity index (χ1) is 11.1. The second-order valence-corrected chi connectivity index (χ2v) is 7.57. The normalized spacial score (nSPS) is 22.2. The Bertz CT molecular complexity index is 795. The Morgan fingerprint density at radius 1 is 1.33 bits per heavy atom. The van der Waals surface area contributed by atoms with E-state index in [1.807, 2.05) is 6.07 Å². The van der Waals surface area contributed by atoms with Gasteiger partial charge in [0.2, 0.25) is 10.0 Å². The molecule has 0 saturated carbocycles. The number of pyridine rings is 1. The van der Waals surface area contributed by atoms with Crippen LogP contribution in [0.4, 0.5) is 0 Å². The number of piperidine rings is 1. The highest BCUT2D eigenvalue weighted by atomic mass is 35.5. The number of aromatic nitrogens is 1. The van der Waals surface area contributed by atoms with E-state index in [-0.39, 0.29) is 36.0 Å². The van der Waals surface area contributed by atoms with E-state index in [0.29, 0.717) is 30.3 Å². The molecule has 2 N–H and O–H groups in total. The maximum atomic E-state index is 13.2. The molecule has 132 valence electrons. The summed E-state index contributed by atoms with van der Waals surface area (Å²) < 4.78 is 33.2. The molecule has 1 aromatic heterocycles. The summed E-state index contributed by atoms with van der Waals surface area (Å²) in [6, 6.07) is 8.46. The van der Waals surface area contributed by atoms with Crippen LogP contribution in [0.2, 0.25) is 0 Å². The summed E-state index contributed by atoms with van der Waals surface area (Å²) in [6.45, 7) is 0.696. The zero-order chi connectivity index (χ0) is 16.4. The van der Waals surface area contributed by atoms with Gasteiger partial charge < -0.3 is 10.5 Å². The average molecular weight is 372 g/mol. The molecular formula is C16H22ClN3O3S. The van der Waals surface area contributed by atoms with Gasteiger partial charge in [0.05, 0.1) is 16.5 Å². The molecule has 0 amide bonds. The lowest BCUT2D eigenvalue weighted by Gasteiger charge is -2.37. The quantitative estimate of drug-likeness (QED) is 0.885. The van der Waals surface area contributed by atoms with Gasteiger partial charge in [0.15, 0.2) is 0 Å². The Morgan fingerprint density at radius 2 is 2.12 bits per heavy atom. The van der Waals surface area contributed by atoms with Crippen molar-refractivity contribution in [1.29, 1.82) is 0 Å². The summed E-state index contributed by atoms with van der Waals surface area (Å²) in [4.78, 5) is 4.53. The van der Waals surface area contributed by atoms with E-state index < -0.39 is 10.0 Å². The third kappa shape index (κ3) is 3.41. The van der Waals surface area contributed by atoms with Gasteiger partial charge in [0, 0.05) is 37.8 Å². The lowest BCUT2D eigenvalue weighted by atomic mass is 10.0. The molecule has 1 aliphatic rings. The largest absolute Gasteiger partial charge is 0.381 e. The number of methoxy groups -OCH3 is 1. The van der Waals surface area contributed by atoms with E-state index in [9.17, 15) is 8.42 Å². The molecule has 2 atom stereocenters. The van der Waals surface area contributed by atoms with Crippen LogP contribution in [0.15, 0.2) is 41.4 Å². The van der Waals surface area contributed by atoms with E-state index in [1.54, 1.807) is 37.6 Å². The molecule has 6 nitrogen and oxygen atoms in total. The molecule has 3 rings (SSSR count). The number of ether oxygens (including phenoxy) is 1. The molecule has 2 heterocycles. The number of rotatable bonds is 4. The van der Waals surface area contributed by atoms with Crippen molar-refractivity contribution in [3.05, 3.63) is 36.5 Å². The highest BCUT2D eigenvalue weighted by Gasteiger charge is 2.36. The number of fused-ring (bicyclic) bond motifs is 1. The fraction of sp³-hybridized carbons (Fsp3) is 0.438. The molecule has 0 radical (unpaired) electrons. The fourth-order valence-corrected chi connectivity index (χ4v) is 5.03. The van der Waals surface area contributed by atoms with E-state index >= 15 is 0 Å². The molecule has 2 unspecified atom stereocenters. The van der Waals surface area contributed by atoms with Crippen molar-refractivity contribution in [3.8, 4) is 0 Å². The van der Waals surface area contributed by atoms with Crippen molar-refractivity contribution >= 4 is 33.3 Å². The summed E-state index contributed by atoms with van der Waals surface area (Å²) in [5, 5.41) is 0.639. The maximum absolute atomic E-state index is 13.2. The van der Waals surface area contributed by atoms with Crippen LogP contribution in [0, 0.1) is 0 Å². The lowest BCUT2D eigenvalue weighted by molar-refractivity contribution is 0.0402. The Morgan fingerprint density at radius 3 is 2.83 bits per heavy atom. The average Bonchev–Trinajstić information content (AvgIpc) is 2.60. The number of sulfonamides is 1. The predicted molar refractivity (Wildman–Crippen MR) is 95.8 cm³/mol. The monoisotopic (exact) mass is 371 g/mol. The van der Waals surface area contributed by atoms with Gasteiger partial charge in [-0.2, -0.15) is 4.31 Å². The standard InChI is InChI=1S/C16H21N3O3S.ClH/c1-22-13-7-9-19(12(10-13)11-17)23(20,21)16-6-2-5-15-14(16)4-3-8-18-15;/h2-6,8,12-13H,7,9-11,17H2,1H3;1H. The van der Waals surface area contributed by atoms with Gasteiger partial charge in [-0.1, -0.05) is 6.07 Å². The molecule has 24 heavy (non-hydrogen) atoms. The Balaban J connectivity index is 0.00000208. The van der Waals surface area contributed by atoms with E-state index in [2.05, 4.69) is 4.98 Å². The summed E-state index contributed by atoms with van der Waals surface area (Å²) in [5.41, 5.74) is 6.49. The fourth-order valence-electron chi connectivity index (χ4n) is 3.16. The van der Waals surface area contributed by atoms with Crippen LogP contribution in [-0.2, 0) is 14.8 Å². The first-order valence-corrected chi connectivity index (χ1v) is 9.10. The van der Waals surface area contributed by atoms with Crippen LogP contribution < -0.4 is 5.73 Å². The second kappa shape index (κ2) is 7.76. The molecule has 1 saturated heterocycles. The first kappa shape index (κ1) is 19.1. The van der Waals surface area contributed by atoms with Crippen molar-refractivity contribution in [2.75, 3.05) is 20.2 Å². The minimum atomic E-state index is -3.62. The Hall–Kier alpha value is -1.25. The molecule has 0 spiro atoms. The lowest BCUT2D eigenvalue weighted by Crippen LogP contribution is -2.51. The zero-order valence-corrected chi connectivity index (χ0v) is 15.1. The third-order valence-electron chi connectivity index (χ3n) is 4.41. The Labute approximate surface area is 148 Å². The Kier molecular flexibility index (Phi) is 6.17. The number of hydrogen-bond donors (Lipinski definition) is 1. The van der Waals surface area contributed by atoms with Crippen molar-refractivity contribution in [1.82, 2.24) is 9.29 Å². The van der Waals surface area contributed by atoms with Crippen LogP contribution in [0.5, 0.6) is 0 Å². The zero-order valence-electron chi connectivity index (χ0n) is 13.5. The summed E-state index contributed by atoms with van der Waals surface area (Å²) >= 11 is 0. The van der Waals surface area contributed by atoms with Crippen LogP contribution in [0.3, 0.4) is 0 Å². The molecule has 2 aromatic rings. The highest BCUT2D eigenvalue weighted by Crippen LogP contribution is 2.29. The van der Waals surface area contributed by atoms with Crippen molar-refractivity contribution in [2.45, 2.75) is 29.9 Å². The molecule has 8 heteroatoms. The van der Waals surface area contributed by atoms with E-state index in [0.717, 1.165) is 0 Å². The summed E-state index contributed by atoms with van der Waals surface area (Å²) in [6.07, 6.45) is 3.01. The van der Waals surface area contributed by atoms with Crippen molar-refractivity contribution < 1.29 is 13.2 Å². The van der Waals surface area contributed by atoms with Crippen LogP contribution in [-0.4, -0.2) is 50.1 Å². The molecular weight excluding hydrogens is 350 g/mol. The van der Waals surface area contributed by atoms with Crippen LogP contribution >= 0.6 is 12.4 Å². The van der Waals surface area contributed by atoms with Gasteiger partial charge in [-0.25, -0.2) is 8.42 Å². The van der Waals surface area contributed by atoms with Crippen molar-refractivity contribution in [3.63, 3.8) is 0 Å². The van der Waals surface area contributed by atoms with Crippen LogP contribution in [0.25, 0.3) is 10.9 Å². The van der Waals surface area contributed by atoms with Gasteiger partial charge in [0.25, 0.3) is 0 Å². The topological polar surface area (TPSA) is 85.5 Å². The molecule has 1 fully saturated rings. The minimum Gasteiger partial charge on any atom is -0.381 e. The minimum absolute atomic E-state index is 0. The smallest absolute Gasteiger partial charge is 0.244 e.